The van der Waals surface area contributed by atoms with Gasteiger partial charge in [-0.15, -0.1) is 0 Å². The number of hydrogen-bond acceptors (Lipinski definition) is 1. The fourth-order valence-electron chi connectivity index (χ4n) is 2.47. The third-order valence-electron chi connectivity index (χ3n) is 3.50. The predicted molar refractivity (Wildman–Crippen MR) is 85.6 cm³/mol. The third-order valence-corrected chi connectivity index (χ3v) is 3.82. The van der Waals surface area contributed by atoms with E-state index >= 15 is 0 Å². The maximum atomic E-state index is 10.1. The number of nitrogens with one attached hydrogen (secondary N) is 1. The molecule has 0 amide bonds. The second kappa shape index (κ2) is 4.88. The van der Waals surface area contributed by atoms with Gasteiger partial charge in [-0.3, -0.25) is 0 Å². The van der Waals surface area contributed by atoms with Gasteiger partial charge in [0.15, 0.2) is 0 Å². The second-order valence-electron chi connectivity index (χ2n) is 5.30. The van der Waals surface area contributed by atoms with Crippen LogP contribution in [0.2, 0.25) is 5.02 Å². The minimum Gasteiger partial charge on any atom is -0.508 e. The molecule has 3 rings (SSSR count). The molecule has 0 unspecified atom stereocenters. The van der Waals surface area contributed by atoms with Gasteiger partial charge in [0.05, 0.1) is 10.5 Å². The Balaban J connectivity index is 2.27. The number of halogens is 1. The van der Waals surface area contributed by atoms with Gasteiger partial charge in [0, 0.05) is 22.4 Å². The van der Waals surface area contributed by atoms with E-state index in [1.807, 2.05) is 24.3 Å². The Hall–Kier alpha value is -1.93. The number of phenols is 1. The normalized spacial score (nSPS) is 11.2. The molecule has 102 valence electrons. The smallest absolute Gasteiger partial charge is 0.121 e. The molecular formula is C17H16ClNO. The van der Waals surface area contributed by atoms with E-state index in [-0.39, 0.29) is 0 Å². The van der Waals surface area contributed by atoms with Gasteiger partial charge in [-0.05, 0) is 44.0 Å². The minimum atomic E-state index is 0.317. The van der Waals surface area contributed by atoms with Crippen LogP contribution < -0.4 is 0 Å². The number of allylic oxidation sites excluding steroid dienone is 2. The maximum absolute atomic E-state index is 10.1. The van der Waals surface area contributed by atoms with Crippen molar-refractivity contribution in [2.24, 2.45) is 0 Å². The first-order valence-electron chi connectivity index (χ1n) is 6.61. The zero-order chi connectivity index (χ0) is 14.3. The molecule has 3 heteroatoms. The highest BCUT2D eigenvalue weighted by atomic mass is 35.5. The molecule has 3 aromatic rings. The molecule has 0 saturated heterocycles. The minimum absolute atomic E-state index is 0.317. The molecule has 1 heterocycles. The maximum Gasteiger partial charge on any atom is 0.121 e. The van der Waals surface area contributed by atoms with Crippen LogP contribution in [0.25, 0.3) is 21.8 Å². The largest absolute Gasteiger partial charge is 0.508 e. The summed E-state index contributed by atoms with van der Waals surface area (Å²) in [4.78, 5) is 3.29. The molecule has 0 atom stereocenters. The first-order chi connectivity index (χ1) is 9.56. The summed E-state index contributed by atoms with van der Waals surface area (Å²) >= 11 is 6.30. The van der Waals surface area contributed by atoms with Crippen molar-refractivity contribution < 1.29 is 5.11 Å². The number of benzene rings is 2. The van der Waals surface area contributed by atoms with Gasteiger partial charge in [0.2, 0.25) is 0 Å². The molecule has 2 aromatic carbocycles. The summed E-state index contributed by atoms with van der Waals surface area (Å²) < 4.78 is 0. The highest BCUT2D eigenvalue weighted by molar-refractivity contribution is 6.38. The number of fused-ring (bicyclic) bond motifs is 3. The van der Waals surface area contributed by atoms with Crippen LogP contribution in [0.3, 0.4) is 0 Å². The molecule has 0 spiro atoms. The number of aromatic nitrogens is 1. The molecule has 0 aliphatic carbocycles. The Bertz CT molecular complexity index is 826. The van der Waals surface area contributed by atoms with E-state index in [4.69, 9.17) is 11.6 Å². The standard InChI is InChI=1S/C17H16ClNO/c1-10(2)6-7-11-8-12-15(9-16(11)20)19-14-5-3-4-13(18)17(12)14/h3-6,8-9,19-20H,7H2,1-2H3. The number of phenolic OH excluding ortho intramolecular Hbond substituents is 1. The van der Waals surface area contributed by atoms with Crippen molar-refractivity contribution in [2.45, 2.75) is 20.3 Å². The van der Waals surface area contributed by atoms with Crippen molar-refractivity contribution in [2.75, 3.05) is 0 Å². The zero-order valence-corrected chi connectivity index (χ0v) is 12.3. The number of H-pyrrole nitrogens is 1. The van der Waals surface area contributed by atoms with Crippen molar-refractivity contribution in [1.29, 1.82) is 0 Å². The third kappa shape index (κ3) is 2.16. The van der Waals surface area contributed by atoms with Crippen molar-refractivity contribution in [3.8, 4) is 5.75 Å². The average Bonchev–Trinajstić information content (AvgIpc) is 2.74. The Morgan fingerprint density at radius 2 is 2.05 bits per heavy atom. The molecule has 20 heavy (non-hydrogen) atoms. The quantitative estimate of drug-likeness (QED) is 0.625. The summed E-state index contributed by atoms with van der Waals surface area (Å²) in [6, 6.07) is 9.60. The summed E-state index contributed by atoms with van der Waals surface area (Å²) in [5.41, 5.74) is 4.05. The van der Waals surface area contributed by atoms with Crippen molar-refractivity contribution in [3.63, 3.8) is 0 Å². The molecule has 2 nitrogen and oxygen atoms in total. The summed E-state index contributed by atoms with van der Waals surface area (Å²) in [5, 5.41) is 12.9. The monoisotopic (exact) mass is 285 g/mol. The predicted octanol–water partition coefficient (Wildman–Crippen LogP) is 5.19. The van der Waals surface area contributed by atoms with Crippen LogP contribution in [-0.2, 0) is 6.42 Å². The van der Waals surface area contributed by atoms with Gasteiger partial charge in [-0.2, -0.15) is 0 Å². The van der Waals surface area contributed by atoms with Crippen LogP contribution in [0.4, 0.5) is 0 Å². The summed E-state index contributed by atoms with van der Waals surface area (Å²) in [6.45, 7) is 4.11. The second-order valence-corrected chi connectivity index (χ2v) is 5.71. The highest BCUT2D eigenvalue weighted by Crippen LogP contribution is 2.34. The summed E-state index contributed by atoms with van der Waals surface area (Å²) in [7, 11) is 0. The van der Waals surface area contributed by atoms with E-state index in [0.717, 1.165) is 38.8 Å². The van der Waals surface area contributed by atoms with Crippen LogP contribution in [0, 0.1) is 0 Å². The fraction of sp³-hybridized carbons (Fsp3) is 0.176. The molecule has 0 saturated carbocycles. The lowest BCUT2D eigenvalue weighted by atomic mass is 10.0. The Labute approximate surface area is 122 Å². The first kappa shape index (κ1) is 13.1. The van der Waals surface area contributed by atoms with E-state index < -0.39 is 0 Å². The molecule has 0 radical (unpaired) electrons. The molecule has 1 aromatic heterocycles. The average molecular weight is 286 g/mol. The topological polar surface area (TPSA) is 36.0 Å². The summed E-state index contributed by atoms with van der Waals surface area (Å²) in [5.74, 6) is 0.317. The van der Waals surface area contributed by atoms with Gasteiger partial charge >= 0.3 is 0 Å². The number of aromatic amines is 1. The van der Waals surface area contributed by atoms with Crippen LogP contribution in [0.15, 0.2) is 42.0 Å². The zero-order valence-electron chi connectivity index (χ0n) is 11.5. The lowest BCUT2D eigenvalue weighted by Crippen LogP contribution is -1.84. The SMILES string of the molecule is CC(C)=CCc1cc2c(cc1O)[nH]c1cccc(Cl)c12. The van der Waals surface area contributed by atoms with Gasteiger partial charge in [0.1, 0.15) is 5.75 Å². The van der Waals surface area contributed by atoms with E-state index in [2.05, 4.69) is 24.9 Å². The van der Waals surface area contributed by atoms with Crippen LogP contribution in [-0.4, -0.2) is 10.1 Å². The fourth-order valence-corrected chi connectivity index (χ4v) is 2.74. The lowest BCUT2D eigenvalue weighted by molar-refractivity contribution is 0.470. The van der Waals surface area contributed by atoms with Gasteiger partial charge < -0.3 is 10.1 Å². The van der Waals surface area contributed by atoms with E-state index in [9.17, 15) is 5.11 Å². The lowest BCUT2D eigenvalue weighted by Gasteiger charge is -2.03. The van der Waals surface area contributed by atoms with E-state index in [0.29, 0.717) is 5.75 Å². The highest BCUT2D eigenvalue weighted by Gasteiger charge is 2.10. The van der Waals surface area contributed by atoms with Crippen molar-refractivity contribution in [1.82, 2.24) is 4.98 Å². The van der Waals surface area contributed by atoms with Gasteiger partial charge in [0.25, 0.3) is 0 Å². The molecule has 0 fully saturated rings. The van der Waals surface area contributed by atoms with Gasteiger partial charge in [-0.25, -0.2) is 0 Å². The van der Waals surface area contributed by atoms with Gasteiger partial charge in [-0.1, -0.05) is 29.3 Å². The molecule has 2 N–H and O–H groups in total. The number of rotatable bonds is 2. The van der Waals surface area contributed by atoms with Crippen LogP contribution >= 0.6 is 11.6 Å². The van der Waals surface area contributed by atoms with Crippen molar-refractivity contribution in [3.05, 3.63) is 52.6 Å². The van der Waals surface area contributed by atoms with E-state index in [1.165, 1.54) is 5.57 Å². The van der Waals surface area contributed by atoms with Crippen LogP contribution in [0.5, 0.6) is 5.75 Å². The molecule has 0 aliphatic heterocycles. The van der Waals surface area contributed by atoms with Crippen molar-refractivity contribution >= 4 is 33.4 Å². The van der Waals surface area contributed by atoms with Crippen LogP contribution in [0.1, 0.15) is 19.4 Å². The summed E-state index contributed by atoms with van der Waals surface area (Å²) in [6.07, 6.45) is 2.83. The molecular weight excluding hydrogens is 270 g/mol. The molecule has 0 bridgehead atoms. The first-order valence-corrected chi connectivity index (χ1v) is 6.99. The Morgan fingerprint density at radius 3 is 2.80 bits per heavy atom. The number of hydrogen-bond donors (Lipinski definition) is 2. The Morgan fingerprint density at radius 1 is 1.25 bits per heavy atom. The Kier molecular flexibility index (Phi) is 3.19. The molecule has 0 aliphatic rings. The number of aromatic hydroxyl groups is 1. The van der Waals surface area contributed by atoms with E-state index in [1.54, 1.807) is 6.07 Å².